The number of aliphatic hydroxyl groups excluding tert-OH is 1. The minimum absolute atomic E-state index is 0.202. The van der Waals surface area contributed by atoms with Gasteiger partial charge in [-0.1, -0.05) is 30.3 Å². The lowest BCUT2D eigenvalue weighted by Gasteiger charge is -2.33. The van der Waals surface area contributed by atoms with E-state index >= 15 is 0 Å². The van der Waals surface area contributed by atoms with Crippen molar-refractivity contribution >= 4 is 22.7 Å². The first-order valence-electron chi connectivity index (χ1n) is 7.18. The fourth-order valence-electron chi connectivity index (χ4n) is 2.51. The van der Waals surface area contributed by atoms with Crippen molar-refractivity contribution in [3.63, 3.8) is 0 Å². The minimum Gasteiger partial charge on any atom is -0.510 e. The zero-order chi connectivity index (χ0) is 15.9. The molecular formula is C17H19N3OS. The zero-order valence-corrected chi connectivity index (χ0v) is 13.7. The summed E-state index contributed by atoms with van der Waals surface area (Å²) in [7, 11) is 0. The monoisotopic (exact) mass is 313 g/mol. The van der Waals surface area contributed by atoms with Crippen molar-refractivity contribution in [2.45, 2.75) is 26.3 Å². The summed E-state index contributed by atoms with van der Waals surface area (Å²) in [6.45, 7) is 6.48. The molecule has 0 aliphatic carbocycles. The third-order valence-electron chi connectivity index (χ3n) is 3.70. The number of amidine groups is 1. The highest BCUT2D eigenvalue weighted by molar-refractivity contribution is 7.11. The molecule has 0 atom stereocenters. The van der Waals surface area contributed by atoms with E-state index in [9.17, 15) is 5.11 Å². The van der Waals surface area contributed by atoms with Crippen LogP contribution in [0.5, 0.6) is 0 Å². The first-order chi connectivity index (χ1) is 10.4. The Kier molecular flexibility index (Phi) is 3.53. The zero-order valence-electron chi connectivity index (χ0n) is 12.9. The lowest BCUT2D eigenvalue weighted by Crippen LogP contribution is -2.43. The van der Waals surface area contributed by atoms with E-state index in [1.54, 1.807) is 0 Å². The van der Waals surface area contributed by atoms with Crippen molar-refractivity contribution in [3.8, 4) is 11.3 Å². The van der Waals surface area contributed by atoms with Crippen molar-refractivity contribution in [2.75, 3.05) is 6.54 Å². The summed E-state index contributed by atoms with van der Waals surface area (Å²) >= 11 is 1.47. The molecule has 114 valence electrons. The van der Waals surface area contributed by atoms with E-state index in [0.717, 1.165) is 11.3 Å². The van der Waals surface area contributed by atoms with Crippen LogP contribution in [0.2, 0.25) is 0 Å². The third kappa shape index (κ3) is 2.52. The van der Waals surface area contributed by atoms with Crippen molar-refractivity contribution in [2.24, 2.45) is 0 Å². The number of aromatic nitrogens is 1. The summed E-state index contributed by atoms with van der Waals surface area (Å²) in [6, 6.07) is 9.94. The van der Waals surface area contributed by atoms with Crippen LogP contribution < -0.4 is 0 Å². The third-order valence-corrected chi connectivity index (χ3v) is 4.56. The molecule has 3 rings (SSSR count). The van der Waals surface area contributed by atoms with E-state index in [4.69, 9.17) is 5.41 Å². The SMILES string of the molecule is CC(C)(C)N1CC(O)=C(c2nc(-c3ccccc3)cs2)C1=N. The second kappa shape index (κ2) is 5.25. The number of hydrogen-bond donors (Lipinski definition) is 2. The lowest BCUT2D eigenvalue weighted by molar-refractivity contribution is 0.235. The van der Waals surface area contributed by atoms with Crippen LogP contribution in [0, 0.1) is 5.41 Å². The normalized spacial score (nSPS) is 15.8. The van der Waals surface area contributed by atoms with Crippen LogP contribution in [0.25, 0.3) is 16.8 Å². The topological polar surface area (TPSA) is 60.2 Å². The van der Waals surface area contributed by atoms with Gasteiger partial charge in [0, 0.05) is 16.5 Å². The van der Waals surface area contributed by atoms with Crippen molar-refractivity contribution in [1.82, 2.24) is 9.88 Å². The molecule has 2 aromatic rings. The van der Waals surface area contributed by atoms with Gasteiger partial charge in [-0.2, -0.15) is 0 Å². The van der Waals surface area contributed by atoms with Gasteiger partial charge in [0.1, 0.15) is 16.6 Å². The Balaban J connectivity index is 1.94. The predicted octanol–water partition coefficient (Wildman–Crippen LogP) is 4.17. The summed E-state index contributed by atoms with van der Waals surface area (Å²) in [5.41, 5.74) is 2.28. The van der Waals surface area contributed by atoms with Gasteiger partial charge < -0.3 is 10.0 Å². The number of nitrogens with one attached hydrogen (secondary N) is 1. The molecule has 1 aliphatic rings. The Bertz CT molecular complexity index is 741. The number of aliphatic hydroxyl groups is 1. The fraction of sp³-hybridized carbons (Fsp3) is 0.294. The Hall–Kier alpha value is -2.14. The van der Waals surface area contributed by atoms with Gasteiger partial charge in [-0.3, -0.25) is 5.41 Å². The van der Waals surface area contributed by atoms with E-state index in [2.05, 4.69) is 4.98 Å². The molecule has 0 fully saturated rings. The molecule has 0 saturated heterocycles. The standard InChI is InChI=1S/C17H19N3OS/c1-17(2,3)20-9-13(21)14(15(20)18)16-19-12(10-22-16)11-7-5-4-6-8-11/h4-8,10,18,21H,9H2,1-3H3. The quantitative estimate of drug-likeness (QED) is 0.874. The number of rotatable bonds is 2. The van der Waals surface area contributed by atoms with Crippen LogP contribution in [-0.2, 0) is 0 Å². The van der Waals surface area contributed by atoms with E-state index in [1.165, 1.54) is 11.3 Å². The van der Waals surface area contributed by atoms with Crippen LogP contribution in [-0.4, -0.2) is 32.9 Å². The molecule has 1 aromatic heterocycles. The van der Waals surface area contributed by atoms with Crippen LogP contribution in [0.1, 0.15) is 25.8 Å². The van der Waals surface area contributed by atoms with Crippen molar-refractivity contribution in [3.05, 3.63) is 46.5 Å². The maximum absolute atomic E-state index is 10.3. The second-order valence-electron chi connectivity index (χ2n) is 6.33. The van der Waals surface area contributed by atoms with Gasteiger partial charge in [0.15, 0.2) is 0 Å². The Labute approximate surface area is 134 Å². The summed E-state index contributed by atoms with van der Waals surface area (Å²) in [5, 5.41) is 21.3. The molecule has 4 nitrogen and oxygen atoms in total. The van der Waals surface area contributed by atoms with Crippen molar-refractivity contribution in [1.29, 1.82) is 5.41 Å². The van der Waals surface area contributed by atoms with E-state index in [-0.39, 0.29) is 11.3 Å². The van der Waals surface area contributed by atoms with Crippen LogP contribution in [0.15, 0.2) is 41.5 Å². The second-order valence-corrected chi connectivity index (χ2v) is 7.19. The van der Waals surface area contributed by atoms with Gasteiger partial charge >= 0.3 is 0 Å². The van der Waals surface area contributed by atoms with E-state index in [1.807, 2.05) is 61.4 Å². The van der Waals surface area contributed by atoms with Gasteiger partial charge in [-0.05, 0) is 20.8 Å². The predicted molar refractivity (Wildman–Crippen MR) is 91.3 cm³/mol. The molecule has 0 saturated carbocycles. The maximum Gasteiger partial charge on any atom is 0.135 e. The molecular weight excluding hydrogens is 294 g/mol. The van der Waals surface area contributed by atoms with Crippen LogP contribution in [0.3, 0.4) is 0 Å². The van der Waals surface area contributed by atoms with Gasteiger partial charge in [-0.25, -0.2) is 4.98 Å². The number of hydrogen-bond acceptors (Lipinski definition) is 4. The Morgan fingerprint density at radius 1 is 1.23 bits per heavy atom. The highest BCUT2D eigenvalue weighted by atomic mass is 32.1. The smallest absolute Gasteiger partial charge is 0.135 e. The number of benzene rings is 1. The largest absolute Gasteiger partial charge is 0.510 e. The molecule has 2 heterocycles. The van der Waals surface area contributed by atoms with E-state index in [0.29, 0.717) is 23.0 Å². The summed E-state index contributed by atoms with van der Waals surface area (Å²) in [6.07, 6.45) is 0. The molecule has 0 amide bonds. The van der Waals surface area contributed by atoms with Crippen LogP contribution >= 0.6 is 11.3 Å². The summed E-state index contributed by atoms with van der Waals surface area (Å²) < 4.78 is 0. The highest BCUT2D eigenvalue weighted by Crippen LogP contribution is 2.34. The molecule has 0 radical (unpaired) electrons. The van der Waals surface area contributed by atoms with Gasteiger partial charge in [0.25, 0.3) is 0 Å². The lowest BCUT2D eigenvalue weighted by atomic mass is 10.1. The van der Waals surface area contributed by atoms with Gasteiger partial charge in [0.2, 0.25) is 0 Å². The maximum atomic E-state index is 10.3. The Morgan fingerprint density at radius 3 is 2.50 bits per heavy atom. The highest BCUT2D eigenvalue weighted by Gasteiger charge is 2.36. The molecule has 1 aromatic carbocycles. The molecule has 0 spiro atoms. The molecule has 2 N–H and O–H groups in total. The first kappa shape index (κ1) is 14.8. The molecule has 5 heteroatoms. The summed E-state index contributed by atoms with van der Waals surface area (Å²) in [5.74, 6) is 0.577. The molecule has 1 aliphatic heterocycles. The number of nitrogens with zero attached hydrogens (tertiary/aromatic N) is 2. The summed E-state index contributed by atoms with van der Waals surface area (Å²) in [4.78, 5) is 6.50. The van der Waals surface area contributed by atoms with Gasteiger partial charge in [-0.15, -0.1) is 11.3 Å². The average molecular weight is 313 g/mol. The average Bonchev–Trinajstić information content (AvgIpc) is 3.04. The molecule has 0 unspecified atom stereocenters. The first-order valence-corrected chi connectivity index (χ1v) is 8.06. The molecule has 22 heavy (non-hydrogen) atoms. The minimum atomic E-state index is -0.202. The van der Waals surface area contributed by atoms with Crippen molar-refractivity contribution < 1.29 is 5.11 Å². The van der Waals surface area contributed by atoms with Gasteiger partial charge in [0.05, 0.1) is 17.8 Å². The Morgan fingerprint density at radius 2 is 1.91 bits per heavy atom. The molecule has 0 bridgehead atoms. The van der Waals surface area contributed by atoms with Crippen LogP contribution in [0.4, 0.5) is 0 Å². The fourth-order valence-corrected chi connectivity index (χ4v) is 3.40. The van der Waals surface area contributed by atoms with E-state index < -0.39 is 0 Å². The number of thiazole rings is 1.